The zero-order chi connectivity index (χ0) is 21.7. The van der Waals surface area contributed by atoms with Gasteiger partial charge in [-0.05, 0) is 80.5 Å². The van der Waals surface area contributed by atoms with Crippen LogP contribution in [0.4, 0.5) is 5.13 Å². The molecule has 5 nitrogen and oxygen atoms in total. The van der Waals surface area contributed by atoms with Crippen LogP contribution in [-0.2, 0) is 10.2 Å². The third-order valence-electron chi connectivity index (χ3n) is 7.44. The van der Waals surface area contributed by atoms with E-state index in [1.807, 2.05) is 30.3 Å². The smallest absolute Gasteiger partial charge is 0.236 e. The Morgan fingerprint density at radius 3 is 2.50 bits per heavy atom. The summed E-state index contributed by atoms with van der Waals surface area (Å²) in [7, 11) is 0. The topological polar surface area (TPSA) is 78.7 Å². The van der Waals surface area contributed by atoms with Crippen molar-refractivity contribution in [3.63, 3.8) is 0 Å². The molecule has 1 aromatic carbocycles. The number of nitrogens with zero attached hydrogens (tertiary/aromatic N) is 3. The van der Waals surface area contributed by atoms with Crippen molar-refractivity contribution in [1.29, 1.82) is 5.26 Å². The number of thioether (sulfide) groups is 1. The van der Waals surface area contributed by atoms with Gasteiger partial charge in [0.25, 0.3) is 0 Å². The lowest BCUT2D eigenvalue weighted by Gasteiger charge is -2.56. The summed E-state index contributed by atoms with van der Waals surface area (Å²) in [5.74, 6) is 2.61. The number of rotatable bonds is 5. The van der Waals surface area contributed by atoms with Gasteiger partial charge in [-0.25, -0.2) is 9.97 Å². The van der Waals surface area contributed by atoms with Crippen molar-refractivity contribution in [3.8, 4) is 6.07 Å². The van der Waals surface area contributed by atoms with Gasteiger partial charge in [-0.3, -0.25) is 4.79 Å². The Bertz CT molecular complexity index is 1180. The molecule has 4 fully saturated rings. The van der Waals surface area contributed by atoms with Crippen molar-refractivity contribution < 1.29 is 4.79 Å². The van der Waals surface area contributed by atoms with Gasteiger partial charge in [0.15, 0.2) is 5.13 Å². The summed E-state index contributed by atoms with van der Waals surface area (Å²) in [5.41, 5.74) is 2.76. The predicted octanol–water partition coefficient (Wildman–Crippen LogP) is 5.76. The molecule has 0 spiro atoms. The van der Waals surface area contributed by atoms with E-state index in [1.54, 1.807) is 0 Å². The summed E-state index contributed by atoms with van der Waals surface area (Å²) >= 11 is 2.82. The second-order valence-corrected chi connectivity index (χ2v) is 11.7. The molecule has 4 saturated carbocycles. The van der Waals surface area contributed by atoms with Gasteiger partial charge in [-0.2, -0.15) is 5.26 Å². The van der Waals surface area contributed by atoms with E-state index in [-0.39, 0.29) is 17.1 Å². The fourth-order valence-corrected chi connectivity index (χ4v) is 8.22. The molecule has 0 radical (unpaired) electrons. The molecule has 2 heterocycles. The van der Waals surface area contributed by atoms with Crippen LogP contribution in [0.15, 0.2) is 41.4 Å². The first-order valence-electron chi connectivity index (χ1n) is 11.3. The summed E-state index contributed by atoms with van der Waals surface area (Å²) in [6, 6.07) is 14.1. The van der Waals surface area contributed by atoms with E-state index in [1.165, 1.54) is 61.6 Å². The highest BCUT2D eigenvalue weighted by atomic mass is 32.2. The molecule has 2 aromatic heterocycles. The molecule has 1 N–H and O–H groups in total. The van der Waals surface area contributed by atoms with Crippen molar-refractivity contribution in [2.45, 2.75) is 49.0 Å². The number of benzene rings is 1. The maximum Gasteiger partial charge on any atom is 0.236 e. The summed E-state index contributed by atoms with van der Waals surface area (Å²) in [6.45, 7) is 0. The molecule has 0 saturated heterocycles. The Balaban J connectivity index is 1.19. The normalized spacial score (nSPS) is 28.0. The quantitative estimate of drug-likeness (QED) is 0.490. The van der Waals surface area contributed by atoms with Crippen molar-refractivity contribution in [1.82, 2.24) is 9.97 Å². The number of thiazole rings is 1. The van der Waals surface area contributed by atoms with Crippen molar-refractivity contribution in [3.05, 3.63) is 47.7 Å². The third kappa shape index (κ3) is 3.60. The lowest BCUT2D eigenvalue weighted by atomic mass is 9.49. The van der Waals surface area contributed by atoms with E-state index < -0.39 is 0 Å². The van der Waals surface area contributed by atoms with Crippen molar-refractivity contribution >= 4 is 44.4 Å². The monoisotopic (exact) mass is 460 g/mol. The summed E-state index contributed by atoms with van der Waals surface area (Å²) in [4.78, 5) is 22.1. The van der Waals surface area contributed by atoms with Crippen LogP contribution in [0.25, 0.3) is 10.2 Å². The number of nitriles is 1. The van der Waals surface area contributed by atoms with Gasteiger partial charge >= 0.3 is 0 Å². The van der Waals surface area contributed by atoms with E-state index in [2.05, 4.69) is 22.4 Å². The Hall–Kier alpha value is -2.43. The molecule has 4 aliphatic rings. The number of carbonyl (C=O) groups excluding carboxylic acids is 1. The second kappa shape index (κ2) is 7.86. The zero-order valence-electron chi connectivity index (χ0n) is 17.7. The van der Waals surface area contributed by atoms with Gasteiger partial charge < -0.3 is 5.32 Å². The molecule has 3 aromatic rings. The first kappa shape index (κ1) is 20.2. The minimum absolute atomic E-state index is 0.125. The number of nitrogens with one attached hydrogen (secondary N) is 1. The van der Waals surface area contributed by atoms with Gasteiger partial charge in [-0.1, -0.05) is 35.2 Å². The van der Waals surface area contributed by atoms with E-state index in [0.717, 1.165) is 33.7 Å². The molecular weight excluding hydrogens is 436 g/mol. The average molecular weight is 461 g/mol. The molecule has 32 heavy (non-hydrogen) atoms. The minimum Gasteiger partial charge on any atom is -0.301 e. The molecule has 0 atom stereocenters. The van der Waals surface area contributed by atoms with Gasteiger partial charge in [0, 0.05) is 11.1 Å². The highest BCUT2D eigenvalue weighted by molar-refractivity contribution is 8.00. The lowest BCUT2D eigenvalue weighted by molar-refractivity contribution is -0.113. The maximum absolute atomic E-state index is 12.6. The number of anilines is 1. The molecule has 4 aliphatic carbocycles. The number of para-hydroxylation sites is 1. The van der Waals surface area contributed by atoms with Crippen LogP contribution in [0, 0.1) is 29.1 Å². The van der Waals surface area contributed by atoms with Crippen LogP contribution in [0.3, 0.4) is 0 Å². The summed E-state index contributed by atoms with van der Waals surface area (Å²) in [6.07, 6.45) is 7.88. The number of hydrogen-bond donors (Lipinski definition) is 1. The average Bonchev–Trinajstić information content (AvgIpc) is 3.19. The minimum atomic E-state index is -0.125. The van der Waals surface area contributed by atoms with Crippen LogP contribution in [0.2, 0.25) is 0 Å². The molecule has 0 aliphatic heterocycles. The van der Waals surface area contributed by atoms with E-state index in [0.29, 0.717) is 15.7 Å². The van der Waals surface area contributed by atoms with Crippen LogP contribution in [0.5, 0.6) is 0 Å². The van der Waals surface area contributed by atoms with E-state index in [9.17, 15) is 10.1 Å². The molecule has 7 heteroatoms. The molecule has 0 unspecified atom stereocenters. The highest BCUT2D eigenvalue weighted by Gasteiger charge is 2.52. The molecule has 7 rings (SSSR count). The summed E-state index contributed by atoms with van der Waals surface area (Å²) in [5, 5.41) is 13.8. The van der Waals surface area contributed by atoms with Gasteiger partial charge in [0.2, 0.25) is 5.91 Å². The Morgan fingerprint density at radius 1 is 1.09 bits per heavy atom. The predicted molar refractivity (Wildman–Crippen MR) is 128 cm³/mol. The Labute approximate surface area is 195 Å². The van der Waals surface area contributed by atoms with E-state index in [4.69, 9.17) is 4.98 Å². The van der Waals surface area contributed by atoms with Crippen molar-refractivity contribution in [2.24, 2.45) is 17.8 Å². The standard InChI is InChI=1S/C25H24N4OS2/c26-13-18-5-6-21(25-10-15-7-16(11-25)9-17(8-15)12-25)28-23(18)31-14-22(30)29-24-27-19-3-1-2-4-20(19)32-24/h1-6,15-17H,7-12,14H2,(H,27,29,30). The molecule has 162 valence electrons. The van der Waals surface area contributed by atoms with Gasteiger partial charge in [0.05, 0.1) is 21.5 Å². The first-order valence-corrected chi connectivity index (χ1v) is 13.1. The summed E-state index contributed by atoms with van der Waals surface area (Å²) < 4.78 is 1.05. The third-order valence-corrected chi connectivity index (χ3v) is 9.39. The molecule has 4 bridgehead atoms. The number of hydrogen-bond acceptors (Lipinski definition) is 6. The highest BCUT2D eigenvalue weighted by Crippen LogP contribution is 2.60. The molecule has 1 amide bonds. The number of fused-ring (bicyclic) bond motifs is 1. The number of pyridine rings is 1. The van der Waals surface area contributed by atoms with Crippen molar-refractivity contribution in [2.75, 3.05) is 11.1 Å². The lowest BCUT2D eigenvalue weighted by Crippen LogP contribution is -2.49. The van der Waals surface area contributed by atoms with Crippen LogP contribution < -0.4 is 5.32 Å². The number of carbonyl (C=O) groups is 1. The maximum atomic E-state index is 12.6. The fraction of sp³-hybridized carbons (Fsp3) is 0.440. The first-order chi connectivity index (χ1) is 15.6. The van der Waals surface area contributed by atoms with Crippen LogP contribution >= 0.6 is 23.1 Å². The largest absolute Gasteiger partial charge is 0.301 e. The fourth-order valence-electron chi connectivity index (χ4n) is 6.57. The second-order valence-electron chi connectivity index (χ2n) is 9.68. The molecular formula is C25H24N4OS2. The SMILES string of the molecule is N#Cc1ccc(C23CC4CC(CC(C4)C2)C3)nc1SCC(=O)Nc1nc2ccccc2s1. The Morgan fingerprint density at radius 2 is 1.81 bits per heavy atom. The van der Waals surface area contributed by atoms with Gasteiger partial charge in [-0.15, -0.1) is 0 Å². The van der Waals surface area contributed by atoms with Crippen LogP contribution in [0.1, 0.15) is 49.8 Å². The van der Waals surface area contributed by atoms with Gasteiger partial charge in [0.1, 0.15) is 11.1 Å². The van der Waals surface area contributed by atoms with E-state index >= 15 is 0 Å². The Kier molecular flexibility index (Phi) is 4.96. The van der Waals surface area contributed by atoms with Crippen LogP contribution in [-0.4, -0.2) is 21.6 Å². The zero-order valence-corrected chi connectivity index (χ0v) is 19.3. The number of amides is 1. The number of aromatic nitrogens is 2.